The fourth-order valence-electron chi connectivity index (χ4n) is 3.76. The molecule has 0 aliphatic carbocycles. The number of rotatable bonds is 3. The fourth-order valence-corrected chi connectivity index (χ4v) is 3.76. The maximum absolute atomic E-state index is 11.6. The second-order valence-electron chi connectivity index (χ2n) is 6.97. The third-order valence-corrected chi connectivity index (χ3v) is 5.24. The topological polar surface area (TPSA) is 84.6 Å². The molecule has 28 heavy (non-hydrogen) atoms. The monoisotopic (exact) mass is 377 g/mol. The first kappa shape index (κ1) is 18.0. The molecule has 2 heterocycles. The minimum absolute atomic E-state index is 0.0214. The quantitative estimate of drug-likeness (QED) is 0.759. The highest BCUT2D eigenvalue weighted by Gasteiger charge is 2.28. The van der Waals surface area contributed by atoms with E-state index >= 15 is 0 Å². The summed E-state index contributed by atoms with van der Waals surface area (Å²) in [5, 5.41) is 11.2. The van der Waals surface area contributed by atoms with Gasteiger partial charge in [0, 0.05) is 42.0 Å². The van der Waals surface area contributed by atoms with E-state index < -0.39 is 0 Å². The number of nitrogens with zero attached hydrogens (tertiary/aromatic N) is 4. The molecular weight excluding hydrogens is 354 g/mol. The van der Waals surface area contributed by atoms with Crippen LogP contribution in [0.25, 0.3) is 22.0 Å². The van der Waals surface area contributed by atoms with Crippen LogP contribution in [-0.4, -0.2) is 53.9 Å². The summed E-state index contributed by atoms with van der Waals surface area (Å²) in [5.74, 6) is 1.64. The third kappa shape index (κ3) is 3.19. The van der Waals surface area contributed by atoms with Crippen LogP contribution < -0.4 is 15.4 Å². The molecule has 7 heteroatoms. The van der Waals surface area contributed by atoms with Crippen LogP contribution in [0, 0.1) is 0 Å². The lowest BCUT2D eigenvalue weighted by molar-refractivity contribution is 0.180. The first-order valence-electron chi connectivity index (χ1n) is 9.29. The summed E-state index contributed by atoms with van der Waals surface area (Å²) in [6.45, 7) is 3.92. The van der Waals surface area contributed by atoms with Crippen molar-refractivity contribution in [3.05, 3.63) is 48.5 Å². The number of fused-ring (bicyclic) bond motifs is 1. The molecule has 2 N–H and O–H groups in total. The number of carbonyl (C=O) groups is 1. The standard InChI is InChI=1S/C21H23N5O2/c1-14-13-25(11-12-26(14)21(22)27)20-18-6-4-3-5-17(18)19(23-24-20)15-7-9-16(28-2)10-8-15/h3-10,14H,11-13H2,1-2H3,(H2,22,27). The van der Waals surface area contributed by atoms with Gasteiger partial charge >= 0.3 is 6.03 Å². The first-order valence-corrected chi connectivity index (χ1v) is 9.29. The van der Waals surface area contributed by atoms with Crippen LogP contribution >= 0.6 is 0 Å². The predicted octanol–water partition coefficient (Wildman–Crippen LogP) is 2.89. The van der Waals surface area contributed by atoms with E-state index in [1.165, 1.54) is 0 Å². The Morgan fingerprint density at radius 3 is 2.43 bits per heavy atom. The highest BCUT2D eigenvalue weighted by Crippen LogP contribution is 2.32. The predicted molar refractivity (Wildman–Crippen MR) is 109 cm³/mol. The van der Waals surface area contributed by atoms with Gasteiger partial charge in [0.1, 0.15) is 11.4 Å². The second kappa shape index (κ2) is 7.34. The summed E-state index contributed by atoms with van der Waals surface area (Å²) in [7, 11) is 1.65. The van der Waals surface area contributed by atoms with Crippen molar-refractivity contribution in [2.24, 2.45) is 5.73 Å². The number of urea groups is 1. The molecule has 0 saturated carbocycles. The molecule has 1 atom stereocenters. The Balaban J connectivity index is 1.73. The van der Waals surface area contributed by atoms with E-state index in [9.17, 15) is 4.79 Å². The summed E-state index contributed by atoms with van der Waals surface area (Å²) >= 11 is 0. The van der Waals surface area contributed by atoms with Gasteiger partial charge in [-0.05, 0) is 31.2 Å². The third-order valence-electron chi connectivity index (χ3n) is 5.24. The SMILES string of the molecule is COc1ccc(-c2nnc(N3CCN(C(N)=O)C(C)C3)c3ccccc23)cc1. The molecular formula is C21H23N5O2. The molecule has 1 aromatic heterocycles. The van der Waals surface area contributed by atoms with Gasteiger partial charge in [-0.25, -0.2) is 4.79 Å². The van der Waals surface area contributed by atoms with Crippen molar-refractivity contribution >= 4 is 22.6 Å². The molecule has 1 fully saturated rings. The van der Waals surface area contributed by atoms with E-state index in [0.717, 1.165) is 33.6 Å². The molecule has 1 unspecified atom stereocenters. The minimum Gasteiger partial charge on any atom is -0.497 e. The summed E-state index contributed by atoms with van der Waals surface area (Å²) in [4.78, 5) is 15.4. The van der Waals surface area contributed by atoms with Crippen molar-refractivity contribution in [3.8, 4) is 17.0 Å². The van der Waals surface area contributed by atoms with Crippen LogP contribution in [-0.2, 0) is 0 Å². The van der Waals surface area contributed by atoms with Crippen molar-refractivity contribution in [3.63, 3.8) is 0 Å². The molecule has 4 rings (SSSR count). The normalized spacial score (nSPS) is 17.0. The second-order valence-corrected chi connectivity index (χ2v) is 6.97. The molecule has 1 saturated heterocycles. The molecule has 144 valence electrons. The Morgan fingerprint density at radius 1 is 1.07 bits per heavy atom. The molecule has 2 amide bonds. The number of carbonyl (C=O) groups excluding carboxylic acids is 1. The van der Waals surface area contributed by atoms with E-state index in [0.29, 0.717) is 19.6 Å². The zero-order valence-corrected chi connectivity index (χ0v) is 16.0. The number of piperazine rings is 1. The number of aromatic nitrogens is 2. The maximum atomic E-state index is 11.6. The zero-order valence-electron chi connectivity index (χ0n) is 16.0. The minimum atomic E-state index is -0.377. The van der Waals surface area contributed by atoms with Crippen molar-refractivity contribution in [1.82, 2.24) is 15.1 Å². The van der Waals surface area contributed by atoms with Crippen LogP contribution in [0.2, 0.25) is 0 Å². The Labute approximate surface area is 163 Å². The first-order chi connectivity index (χ1) is 13.6. The molecule has 0 spiro atoms. The Bertz CT molecular complexity index is 1010. The van der Waals surface area contributed by atoms with Crippen LogP contribution in [0.5, 0.6) is 5.75 Å². The molecule has 2 aromatic carbocycles. The van der Waals surface area contributed by atoms with Crippen LogP contribution in [0.4, 0.5) is 10.6 Å². The van der Waals surface area contributed by atoms with Gasteiger partial charge in [0.15, 0.2) is 5.82 Å². The number of nitrogens with two attached hydrogens (primary N) is 1. The van der Waals surface area contributed by atoms with Gasteiger partial charge in [-0.15, -0.1) is 10.2 Å². The summed E-state index contributed by atoms with van der Waals surface area (Å²) < 4.78 is 5.25. The fraction of sp³-hybridized carbons (Fsp3) is 0.286. The van der Waals surface area contributed by atoms with Gasteiger partial charge in [0.05, 0.1) is 7.11 Å². The molecule has 0 bridgehead atoms. The van der Waals surface area contributed by atoms with Crippen molar-refractivity contribution in [2.75, 3.05) is 31.6 Å². The molecule has 7 nitrogen and oxygen atoms in total. The van der Waals surface area contributed by atoms with Gasteiger partial charge in [-0.2, -0.15) is 0 Å². The lowest BCUT2D eigenvalue weighted by Crippen LogP contribution is -2.55. The number of ether oxygens (including phenoxy) is 1. The lowest BCUT2D eigenvalue weighted by atomic mass is 10.0. The van der Waals surface area contributed by atoms with Crippen molar-refractivity contribution in [2.45, 2.75) is 13.0 Å². The number of amides is 2. The van der Waals surface area contributed by atoms with Gasteiger partial charge in [0.25, 0.3) is 0 Å². The number of anilines is 1. The van der Waals surface area contributed by atoms with Crippen LogP contribution in [0.3, 0.4) is 0 Å². The summed E-state index contributed by atoms with van der Waals surface area (Å²) in [5.41, 5.74) is 7.30. The molecule has 1 aliphatic rings. The van der Waals surface area contributed by atoms with E-state index in [-0.39, 0.29) is 12.1 Å². The number of benzene rings is 2. The average molecular weight is 377 g/mol. The Morgan fingerprint density at radius 2 is 1.79 bits per heavy atom. The van der Waals surface area contributed by atoms with Crippen molar-refractivity contribution < 1.29 is 9.53 Å². The Kier molecular flexibility index (Phi) is 4.73. The highest BCUT2D eigenvalue weighted by atomic mass is 16.5. The zero-order chi connectivity index (χ0) is 19.7. The van der Waals surface area contributed by atoms with Gasteiger partial charge < -0.3 is 20.3 Å². The summed E-state index contributed by atoms with van der Waals surface area (Å²) in [6, 6.07) is 15.6. The van der Waals surface area contributed by atoms with Crippen LogP contribution in [0.15, 0.2) is 48.5 Å². The number of hydrogen-bond donors (Lipinski definition) is 1. The molecule has 3 aromatic rings. The van der Waals surface area contributed by atoms with E-state index in [4.69, 9.17) is 10.5 Å². The largest absolute Gasteiger partial charge is 0.497 e. The van der Waals surface area contributed by atoms with Gasteiger partial charge in [-0.1, -0.05) is 24.3 Å². The van der Waals surface area contributed by atoms with E-state index in [1.54, 1.807) is 12.0 Å². The van der Waals surface area contributed by atoms with Crippen molar-refractivity contribution in [1.29, 1.82) is 0 Å². The molecule has 0 radical (unpaired) electrons. The van der Waals surface area contributed by atoms with E-state index in [2.05, 4.69) is 27.2 Å². The number of primary amides is 1. The maximum Gasteiger partial charge on any atom is 0.315 e. The summed E-state index contributed by atoms with van der Waals surface area (Å²) in [6.07, 6.45) is 0. The van der Waals surface area contributed by atoms with Crippen LogP contribution in [0.1, 0.15) is 6.92 Å². The van der Waals surface area contributed by atoms with E-state index in [1.807, 2.05) is 43.3 Å². The van der Waals surface area contributed by atoms with Gasteiger partial charge in [-0.3, -0.25) is 0 Å². The van der Waals surface area contributed by atoms with Gasteiger partial charge in [0.2, 0.25) is 0 Å². The average Bonchev–Trinajstić information content (AvgIpc) is 2.72. The lowest BCUT2D eigenvalue weighted by Gasteiger charge is -2.39. The number of hydrogen-bond acceptors (Lipinski definition) is 5. The number of methoxy groups -OCH3 is 1. The highest BCUT2D eigenvalue weighted by molar-refractivity contribution is 6.00. The Hall–Kier alpha value is -3.35. The smallest absolute Gasteiger partial charge is 0.315 e. The molecule has 1 aliphatic heterocycles.